The summed E-state index contributed by atoms with van der Waals surface area (Å²) in [7, 11) is 0. The predicted octanol–water partition coefficient (Wildman–Crippen LogP) is 2.74. The van der Waals surface area contributed by atoms with Crippen LogP contribution < -0.4 is 5.32 Å². The lowest BCUT2D eigenvalue weighted by Gasteiger charge is -2.24. The number of nitrogens with zero attached hydrogens (tertiary/aromatic N) is 1. The molecule has 2 aromatic carbocycles. The number of carbonyl (C=O) groups excluding carboxylic acids is 2. The highest BCUT2D eigenvalue weighted by atomic mass is 16.5. The fraction of sp³-hybridized carbons (Fsp3) is 0.400. The number of nitrogens with one attached hydrogen (secondary N) is 1. The number of amides is 2. The molecule has 1 saturated heterocycles. The number of fused-ring (bicyclic) bond motifs is 3. The number of hydrogen-bond donors (Lipinski definition) is 3. The Labute approximate surface area is 192 Å². The van der Waals surface area contributed by atoms with Crippen molar-refractivity contribution in [2.24, 2.45) is 0 Å². The van der Waals surface area contributed by atoms with Gasteiger partial charge in [0, 0.05) is 31.3 Å². The number of aliphatic hydroxyl groups excluding tert-OH is 1. The lowest BCUT2D eigenvalue weighted by molar-refractivity contribution is -0.148. The van der Waals surface area contributed by atoms with Crippen LogP contribution in [0.15, 0.2) is 48.5 Å². The molecule has 0 spiro atoms. The number of benzene rings is 2. The fourth-order valence-electron chi connectivity index (χ4n) is 4.76. The minimum atomic E-state index is -1.14. The number of rotatable bonds is 7. The van der Waals surface area contributed by atoms with Crippen LogP contribution in [-0.4, -0.2) is 64.4 Å². The maximum atomic E-state index is 12.7. The summed E-state index contributed by atoms with van der Waals surface area (Å²) in [6.07, 6.45) is -1.04. The summed E-state index contributed by atoms with van der Waals surface area (Å²) in [5.74, 6) is -1.62. The minimum absolute atomic E-state index is 0.0116. The Hall–Kier alpha value is -3.39. The lowest BCUT2D eigenvalue weighted by atomic mass is 9.98. The number of alkyl carbamates (subject to hydrolysis) is 1. The topological polar surface area (TPSA) is 116 Å². The molecule has 0 aromatic heterocycles. The molecule has 1 fully saturated rings. The summed E-state index contributed by atoms with van der Waals surface area (Å²) in [5, 5.41) is 21.8. The Morgan fingerprint density at radius 1 is 1.09 bits per heavy atom. The number of carboxylic acid groups (broad SMARTS) is 1. The van der Waals surface area contributed by atoms with E-state index in [-0.39, 0.29) is 31.9 Å². The molecule has 1 heterocycles. The first-order valence-corrected chi connectivity index (χ1v) is 11.2. The van der Waals surface area contributed by atoms with Gasteiger partial charge in [-0.1, -0.05) is 55.5 Å². The van der Waals surface area contributed by atoms with Crippen molar-refractivity contribution in [1.82, 2.24) is 10.2 Å². The number of hydrogen-bond acceptors (Lipinski definition) is 5. The van der Waals surface area contributed by atoms with Crippen LogP contribution in [0.1, 0.15) is 43.2 Å². The third-order valence-corrected chi connectivity index (χ3v) is 6.46. The molecule has 2 aromatic rings. The molecule has 2 aliphatic rings. The average molecular weight is 453 g/mol. The van der Waals surface area contributed by atoms with Crippen LogP contribution in [0, 0.1) is 0 Å². The molecule has 4 rings (SSSR count). The van der Waals surface area contributed by atoms with Gasteiger partial charge in [-0.15, -0.1) is 0 Å². The van der Waals surface area contributed by atoms with E-state index in [1.54, 1.807) is 0 Å². The molecule has 8 heteroatoms. The molecule has 0 radical (unpaired) electrons. The third-order valence-electron chi connectivity index (χ3n) is 6.46. The zero-order chi connectivity index (χ0) is 23.5. The van der Waals surface area contributed by atoms with Gasteiger partial charge in [0.05, 0.1) is 6.10 Å². The monoisotopic (exact) mass is 452 g/mol. The number of carbonyl (C=O) groups is 3. The Bertz CT molecular complexity index is 1010. The minimum Gasteiger partial charge on any atom is -0.480 e. The summed E-state index contributed by atoms with van der Waals surface area (Å²) in [5.41, 5.74) is 4.50. The van der Waals surface area contributed by atoms with Crippen molar-refractivity contribution in [1.29, 1.82) is 0 Å². The van der Waals surface area contributed by atoms with Crippen LogP contribution in [0.2, 0.25) is 0 Å². The molecule has 1 aliphatic heterocycles. The summed E-state index contributed by atoms with van der Waals surface area (Å²) < 4.78 is 5.55. The van der Waals surface area contributed by atoms with Gasteiger partial charge < -0.3 is 25.2 Å². The molecule has 0 saturated carbocycles. The van der Waals surface area contributed by atoms with Crippen molar-refractivity contribution in [2.45, 2.75) is 50.3 Å². The van der Waals surface area contributed by atoms with Crippen LogP contribution in [0.25, 0.3) is 11.1 Å². The number of likely N-dealkylation sites (tertiary alicyclic amines) is 1. The van der Waals surface area contributed by atoms with Crippen LogP contribution in [-0.2, 0) is 14.3 Å². The van der Waals surface area contributed by atoms with Gasteiger partial charge in [-0.25, -0.2) is 9.59 Å². The molecule has 1 aliphatic carbocycles. The molecular formula is C25H28N2O6. The van der Waals surface area contributed by atoms with Gasteiger partial charge >= 0.3 is 12.1 Å². The largest absolute Gasteiger partial charge is 0.480 e. The first-order chi connectivity index (χ1) is 15.9. The van der Waals surface area contributed by atoms with E-state index < -0.39 is 36.2 Å². The molecular weight excluding hydrogens is 424 g/mol. The van der Waals surface area contributed by atoms with E-state index in [0.29, 0.717) is 6.42 Å². The van der Waals surface area contributed by atoms with E-state index in [2.05, 4.69) is 17.4 Å². The van der Waals surface area contributed by atoms with Crippen molar-refractivity contribution in [3.63, 3.8) is 0 Å². The number of aliphatic hydroxyl groups is 1. The molecule has 8 nitrogen and oxygen atoms in total. The van der Waals surface area contributed by atoms with E-state index in [1.807, 2.05) is 43.3 Å². The Morgan fingerprint density at radius 2 is 1.70 bits per heavy atom. The van der Waals surface area contributed by atoms with Crippen LogP contribution >= 0.6 is 0 Å². The van der Waals surface area contributed by atoms with Gasteiger partial charge in [0.1, 0.15) is 12.6 Å². The van der Waals surface area contributed by atoms with Gasteiger partial charge in [0.25, 0.3) is 0 Å². The molecule has 33 heavy (non-hydrogen) atoms. The highest BCUT2D eigenvalue weighted by molar-refractivity contribution is 5.85. The molecule has 3 atom stereocenters. The summed E-state index contributed by atoms with van der Waals surface area (Å²) in [4.78, 5) is 37.7. The molecule has 2 amide bonds. The number of carboxylic acids is 1. The van der Waals surface area contributed by atoms with E-state index in [4.69, 9.17) is 4.74 Å². The normalized spacial score (nSPS) is 20.1. The van der Waals surface area contributed by atoms with E-state index in [9.17, 15) is 24.6 Å². The zero-order valence-corrected chi connectivity index (χ0v) is 18.4. The third kappa shape index (κ3) is 4.71. The van der Waals surface area contributed by atoms with Crippen LogP contribution in [0.4, 0.5) is 4.79 Å². The molecule has 174 valence electrons. The lowest BCUT2D eigenvalue weighted by Crippen LogP contribution is -2.44. The number of β-amino-alcohol motifs (C(OH)–C–C–N with tert-alkyl or cyclic N) is 1. The second-order valence-corrected chi connectivity index (χ2v) is 8.57. The zero-order valence-electron chi connectivity index (χ0n) is 18.4. The Morgan fingerprint density at radius 3 is 2.27 bits per heavy atom. The second-order valence-electron chi connectivity index (χ2n) is 8.57. The van der Waals surface area contributed by atoms with E-state index in [1.165, 1.54) is 4.90 Å². The molecule has 0 bridgehead atoms. The SMILES string of the molecule is CC[C@@H](CC(=O)N1C[C@@H](O)C[C@H]1C(=O)O)NC(=O)OCC1c2ccccc2-c2ccccc21. The van der Waals surface area contributed by atoms with Crippen molar-refractivity contribution in [2.75, 3.05) is 13.2 Å². The maximum absolute atomic E-state index is 12.7. The Kier molecular flexibility index (Phi) is 6.65. The summed E-state index contributed by atoms with van der Waals surface area (Å²) in [6.45, 7) is 1.98. The van der Waals surface area contributed by atoms with Gasteiger partial charge in [-0.3, -0.25) is 4.79 Å². The quantitative estimate of drug-likeness (QED) is 0.595. The van der Waals surface area contributed by atoms with Crippen molar-refractivity contribution >= 4 is 18.0 Å². The smallest absolute Gasteiger partial charge is 0.407 e. The van der Waals surface area contributed by atoms with Crippen molar-refractivity contribution < 1.29 is 29.3 Å². The first-order valence-electron chi connectivity index (χ1n) is 11.2. The Balaban J connectivity index is 1.36. The van der Waals surface area contributed by atoms with Crippen LogP contribution in [0.3, 0.4) is 0 Å². The fourth-order valence-corrected chi connectivity index (χ4v) is 4.76. The van der Waals surface area contributed by atoms with Crippen molar-refractivity contribution in [3.8, 4) is 11.1 Å². The van der Waals surface area contributed by atoms with Gasteiger partial charge in [0.15, 0.2) is 0 Å². The van der Waals surface area contributed by atoms with E-state index >= 15 is 0 Å². The van der Waals surface area contributed by atoms with E-state index in [0.717, 1.165) is 22.3 Å². The standard InChI is InChI=1S/C25H28N2O6/c1-2-15(11-23(29)27-13-16(28)12-22(27)24(30)31)26-25(32)33-14-21-19-9-5-3-7-17(19)18-8-4-6-10-20(18)21/h3-10,15-16,21-22,28H,2,11-14H2,1H3,(H,26,32)(H,30,31)/t15-,16-,22-/m0/s1. The van der Waals surface area contributed by atoms with Gasteiger partial charge in [0.2, 0.25) is 5.91 Å². The van der Waals surface area contributed by atoms with Gasteiger partial charge in [-0.2, -0.15) is 0 Å². The van der Waals surface area contributed by atoms with Gasteiger partial charge in [-0.05, 0) is 28.7 Å². The van der Waals surface area contributed by atoms with Crippen molar-refractivity contribution in [3.05, 3.63) is 59.7 Å². The number of ether oxygens (including phenoxy) is 1. The summed E-state index contributed by atoms with van der Waals surface area (Å²) in [6, 6.07) is 14.6. The highest BCUT2D eigenvalue weighted by Crippen LogP contribution is 2.44. The second kappa shape index (κ2) is 9.62. The first kappa shape index (κ1) is 22.8. The summed E-state index contributed by atoms with van der Waals surface area (Å²) >= 11 is 0. The average Bonchev–Trinajstić information content (AvgIpc) is 3.35. The highest BCUT2D eigenvalue weighted by Gasteiger charge is 2.39. The number of aliphatic carboxylic acids is 1. The molecule has 3 N–H and O–H groups in total. The molecule has 0 unspecified atom stereocenters. The maximum Gasteiger partial charge on any atom is 0.407 e. The predicted molar refractivity (Wildman–Crippen MR) is 121 cm³/mol. The van der Waals surface area contributed by atoms with Crippen LogP contribution in [0.5, 0.6) is 0 Å².